The maximum Gasteiger partial charge on any atom is 0.330 e. The van der Waals surface area contributed by atoms with Crippen LogP contribution in [0.5, 0.6) is 0 Å². The highest BCUT2D eigenvalue weighted by Crippen LogP contribution is 2.09. The van der Waals surface area contributed by atoms with E-state index in [1.165, 1.54) is 19.3 Å². The quantitative estimate of drug-likeness (QED) is 0.700. The van der Waals surface area contributed by atoms with E-state index in [0.717, 1.165) is 18.0 Å². The van der Waals surface area contributed by atoms with Gasteiger partial charge in [-0.05, 0) is 25.9 Å². The Kier molecular flexibility index (Phi) is 3.73. The first-order valence-electron chi connectivity index (χ1n) is 6.03. The van der Waals surface area contributed by atoms with Gasteiger partial charge in [-0.15, -0.1) is 0 Å². The van der Waals surface area contributed by atoms with Gasteiger partial charge in [0.05, 0.1) is 0 Å². The summed E-state index contributed by atoms with van der Waals surface area (Å²) in [6.45, 7) is 3.14. The molecule has 94 valence electrons. The number of carbonyl (C=O) groups is 3. The zero-order chi connectivity index (χ0) is 12.3. The largest absolute Gasteiger partial charge is 0.330 e. The molecular weight excluding hydrogens is 222 g/mol. The van der Waals surface area contributed by atoms with E-state index in [-0.39, 0.29) is 6.42 Å². The van der Waals surface area contributed by atoms with Gasteiger partial charge in [0.15, 0.2) is 0 Å². The number of hydrogen-bond donors (Lipinski definition) is 1. The predicted octanol–water partition coefficient (Wildman–Crippen LogP) is -0.0592. The summed E-state index contributed by atoms with van der Waals surface area (Å²) in [5.41, 5.74) is 0. The maximum atomic E-state index is 11.5. The molecule has 2 saturated heterocycles. The second-order valence-electron chi connectivity index (χ2n) is 4.48. The Hall–Kier alpha value is -1.43. The Labute approximate surface area is 99.9 Å². The molecule has 0 radical (unpaired) electrons. The molecule has 0 aromatic heterocycles. The summed E-state index contributed by atoms with van der Waals surface area (Å²) in [4.78, 5) is 37.3. The summed E-state index contributed by atoms with van der Waals surface area (Å²) < 4.78 is 0. The van der Waals surface area contributed by atoms with Crippen molar-refractivity contribution in [2.45, 2.75) is 25.7 Å². The lowest BCUT2D eigenvalue weighted by atomic mass is 10.1. The zero-order valence-electron chi connectivity index (χ0n) is 9.78. The highest BCUT2D eigenvalue weighted by atomic mass is 16.2. The first kappa shape index (κ1) is 12.0. The van der Waals surface area contributed by atoms with Gasteiger partial charge in [-0.3, -0.25) is 19.8 Å². The molecule has 2 aliphatic rings. The molecule has 2 aliphatic heterocycles. The van der Waals surface area contributed by atoms with Gasteiger partial charge in [0, 0.05) is 13.1 Å². The minimum Gasteiger partial charge on any atom is -0.302 e. The normalized spacial score (nSPS) is 22.8. The van der Waals surface area contributed by atoms with Gasteiger partial charge in [-0.1, -0.05) is 6.42 Å². The number of rotatable bonds is 3. The number of hydrogen-bond acceptors (Lipinski definition) is 4. The Morgan fingerprint density at radius 1 is 1.00 bits per heavy atom. The number of urea groups is 1. The molecule has 0 unspecified atom stereocenters. The van der Waals surface area contributed by atoms with Crippen molar-refractivity contribution < 1.29 is 14.4 Å². The van der Waals surface area contributed by atoms with Gasteiger partial charge < -0.3 is 4.90 Å². The van der Waals surface area contributed by atoms with E-state index in [2.05, 4.69) is 10.2 Å². The lowest BCUT2D eigenvalue weighted by molar-refractivity contribution is -0.136. The number of carbonyl (C=O) groups excluding carboxylic acids is 3. The topological polar surface area (TPSA) is 69.7 Å². The molecule has 0 aliphatic carbocycles. The lowest BCUT2D eigenvalue weighted by Crippen LogP contribution is -2.54. The Balaban J connectivity index is 1.83. The van der Waals surface area contributed by atoms with Crippen LogP contribution >= 0.6 is 0 Å². The van der Waals surface area contributed by atoms with Gasteiger partial charge in [-0.25, -0.2) is 4.79 Å². The number of likely N-dealkylation sites (tertiary alicyclic amines) is 1. The van der Waals surface area contributed by atoms with Crippen molar-refractivity contribution >= 4 is 17.8 Å². The average Bonchev–Trinajstić information content (AvgIpc) is 2.29. The molecule has 6 nitrogen and oxygen atoms in total. The number of amides is 4. The number of nitrogens with zero attached hydrogens (tertiary/aromatic N) is 2. The van der Waals surface area contributed by atoms with Crippen LogP contribution in [0.25, 0.3) is 0 Å². The van der Waals surface area contributed by atoms with Gasteiger partial charge in [0.1, 0.15) is 6.42 Å². The smallest absolute Gasteiger partial charge is 0.302 e. The predicted molar refractivity (Wildman–Crippen MR) is 60.2 cm³/mol. The van der Waals surface area contributed by atoms with Crippen LogP contribution in [0.1, 0.15) is 25.7 Å². The molecule has 0 atom stereocenters. The highest BCUT2D eigenvalue weighted by molar-refractivity contribution is 6.14. The van der Waals surface area contributed by atoms with Crippen LogP contribution in [0.4, 0.5) is 4.79 Å². The monoisotopic (exact) mass is 239 g/mol. The Morgan fingerprint density at radius 2 is 1.71 bits per heavy atom. The number of nitrogens with one attached hydrogen (secondary N) is 1. The molecule has 1 N–H and O–H groups in total. The van der Waals surface area contributed by atoms with E-state index in [1.54, 1.807) is 0 Å². The fourth-order valence-corrected chi connectivity index (χ4v) is 2.23. The standard InChI is InChI=1S/C11H17N3O3/c15-9-8-10(16)14(11(17)12-9)7-6-13-4-2-1-3-5-13/h1-8H2,(H,12,15,17). The van der Waals surface area contributed by atoms with Crippen molar-refractivity contribution in [2.24, 2.45) is 0 Å². The summed E-state index contributed by atoms with van der Waals surface area (Å²) in [6, 6.07) is -0.580. The van der Waals surface area contributed by atoms with Crippen molar-refractivity contribution in [3.8, 4) is 0 Å². The molecule has 2 rings (SSSR count). The van der Waals surface area contributed by atoms with Crippen LogP contribution in [0.3, 0.4) is 0 Å². The van der Waals surface area contributed by atoms with E-state index in [4.69, 9.17) is 0 Å². The van der Waals surface area contributed by atoms with E-state index < -0.39 is 17.8 Å². The van der Waals surface area contributed by atoms with Crippen molar-refractivity contribution in [3.05, 3.63) is 0 Å². The average molecular weight is 239 g/mol. The molecular formula is C11H17N3O3. The third-order valence-electron chi connectivity index (χ3n) is 3.19. The van der Waals surface area contributed by atoms with Gasteiger partial charge in [0.25, 0.3) is 0 Å². The summed E-state index contributed by atoms with van der Waals surface area (Å²) in [5.74, 6) is -0.898. The molecule has 0 aromatic rings. The Bertz CT molecular complexity index is 317. The first-order chi connectivity index (χ1) is 8.16. The van der Waals surface area contributed by atoms with Crippen LogP contribution in [0, 0.1) is 0 Å². The summed E-state index contributed by atoms with van der Waals surface area (Å²) in [6.07, 6.45) is 3.40. The highest BCUT2D eigenvalue weighted by Gasteiger charge is 2.30. The zero-order valence-corrected chi connectivity index (χ0v) is 9.78. The molecule has 0 bridgehead atoms. The SMILES string of the molecule is O=C1CC(=O)N(CCN2CCCCC2)C(=O)N1. The third-order valence-corrected chi connectivity index (χ3v) is 3.19. The third kappa shape index (κ3) is 3.03. The maximum absolute atomic E-state index is 11.5. The van der Waals surface area contributed by atoms with E-state index in [0.29, 0.717) is 13.1 Å². The number of piperidine rings is 1. The first-order valence-corrected chi connectivity index (χ1v) is 6.03. The summed E-state index contributed by atoms with van der Waals surface area (Å²) in [5, 5.41) is 2.16. The fourth-order valence-electron chi connectivity index (χ4n) is 2.23. The summed E-state index contributed by atoms with van der Waals surface area (Å²) >= 11 is 0. The second-order valence-corrected chi connectivity index (χ2v) is 4.48. The number of imide groups is 2. The minimum atomic E-state index is -0.580. The van der Waals surface area contributed by atoms with Gasteiger partial charge in [0.2, 0.25) is 11.8 Å². The van der Waals surface area contributed by atoms with E-state index >= 15 is 0 Å². The van der Waals surface area contributed by atoms with Crippen LogP contribution in [0.15, 0.2) is 0 Å². The fraction of sp³-hybridized carbons (Fsp3) is 0.727. The van der Waals surface area contributed by atoms with Crippen molar-refractivity contribution in [1.82, 2.24) is 15.1 Å². The lowest BCUT2D eigenvalue weighted by Gasteiger charge is -2.30. The molecule has 6 heteroatoms. The van der Waals surface area contributed by atoms with Gasteiger partial charge >= 0.3 is 6.03 Å². The summed E-state index contributed by atoms with van der Waals surface area (Å²) in [7, 11) is 0. The minimum absolute atomic E-state index is 0.217. The molecule has 0 saturated carbocycles. The van der Waals surface area contributed by atoms with Crippen molar-refractivity contribution in [1.29, 1.82) is 0 Å². The van der Waals surface area contributed by atoms with Gasteiger partial charge in [-0.2, -0.15) is 0 Å². The van der Waals surface area contributed by atoms with Crippen LogP contribution in [-0.2, 0) is 9.59 Å². The van der Waals surface area contributed by atoms with Crippen LogP contribution in [-0.4, -0.2) is 53.8 Å². The number of barbiturate groups is 1. The molecule has 0 spiro atoms. The van der Waals surface area contributed by atoms with E-state index in [9.17, 15) is 14.4 Å². The van der Waals surface area contributed by atoms with Crippen molar-refractivity contribution in [2.75, 3.05) is 26.2 Å². The molecule has 17 heavy (non-hydrogen) atoms. The Morgan fingerprint density at radius 3 is 2.35 bits per heavy atom. The molecule has 4 amide bonds. The van der Waals surface area contributed by atoms with Crippen LogP contribution in [0.2, 0.25) is 0 Å². The van der Waals surface area contributed by atoms with E-state index in [1.807, 2.05) is 0 Å². The van der Waals surface area contributed by atoms with Crippen molar-refractivity contribution in [3.63, 3.8) is 0 Å². The van der Waals surface area contributed by atoms with Crippen LogP contribution < -0.4 is 5.32 Å². The molecule has 0 aromatic carbocycles. The second kappa shape index (κ2) is 5.27. The molecule has 2 heterocycles. The molecule has 2 fully saturated rings.